The summed E-state index contributed by atoms with van der Waals surface area (Å²) in [5.74, 6) is -0.598. The van der Waals surface area contributed by atoms with E-state index >= 15 is 0 Å². The van der Waals surface area contributed by atoms with Crippen LogP contribution in [0.25, 0.3) is 0 Å². The van der Waals surface area contributed by atoms with Crippen LogP contribution < -0.4 is 5.32 Å². The largest absolute Gasteiger partial charge is 0.394 e. The lowest BCUT2D eigenvalue weighted by molar-refractivity contribution is -0.132. The Labute approximate surface area is 404 Å². The molecule has 0 saturated carbocycles. The molecule has 4 atom stereocenters. The maximum Gasteiger partial charge on any atom is 0.249 e. The molecule has 0 radical (unpaired) electrons. The third-order valence-corrected chi connectivity index (χ3v) is 13.2. The average Bonchev–Trinajstić information content (AvgIpc) is 3.31. The Hall–Kier alpha value is -1.73. The van der Waals surface area contributed by atoms with Crippen molar-refractivity contribution < 1.29 is 25.2 Å². The fourth-order valence-electron chi connectivity index (χ4n) is 8.73. The van der Waals surface area contributed by atoms with E-state index in [4.69, 9.17) is 0 Å². The molecule has 1 amide bonds. The third kappa shape index (κ3) is 47.1. The standard InChI is InChI=1S/C59H111NO5/c1-3-5-7-9-11-13-15-16-17-18-19-20-21-22-23-24-25-26-27-28-29-30-31-32-33-34-35-36-37-38-39-40-41-43-45-47-49-51-53-57(63)59(65)60-55(54-61)58(64)56(62)52-50-48-46-44-42-14-12-10-8-6-4-2/h10,12,25-26,28-29,44,46,55-58,61-64H,3-9,11,13-24,27,30-43,45,47-54H2,1-2H3,(H,60,65)/b12-10+,26-25-,29-28-,46-44+. The molecule has 0 aromatic heterocycles. The Morgan fingerprint density at radius 1 is 0.385 bits per heavy atom. The Morgan fingerprint density at radius 3 is 1.11 bits per heavy atom. The molecule has 6 heteroatoms. The van der Waals surface area contributed by atoms with Crippen molar-refractivity contribution >= 4 is 5.91 Å². The van der Waals surface area contributed by atoms with Crippen molar-refractivity contribution in [1.82, 2.24) is 5.32 Å². The molecule has 382 valence electrons. The normalized spacial score (nSPS) is 14.1. The number of aliphatic hydroxyl groups excluding tert-OH is 4. The fraction of sp³-hybridized carbons (Fsp3) is 0.847. The van der Waals surface area contributed by atoms with Crippen LogP contribution in [-0.2, 0) is 4.79 Å². The molecule has 0 aromatic carbocycles. The number of aliphatic hydroxyl groups is 4. The minimum absolute atomic E-state index is 0.360. The second-order valence-corrected chi connectivity index (χ2v) is 19.6. The van der Waals surface area contributed by atoms with Gasteiger partial charge in [0.15, 0.2) is 0 Å². The number of amides is 1. The minimum atomic E-state index is -1.29. The zero-order valence-electron chi connectivity index (χ0n) is 43.2. The first-order valence-corrected chi connectivity index (χ1v) is 28.5. The summed E-state index contributed by atoms with van der Waals surface area (Å²) in [6.45, 7) is 4.00. The third-order valence-electron chi connectivity index (χ3n) is 13.2. The van der Waals surface area contributed by atoms with E-state index in [2.05, 4.69) is 67.8 Å². The second-order valence-electron chi connectivity index (χ2n) is 19.6. The van der Waals surface area contributed by atoms with Crippen molar-refractivity contribution in [2.75, 3.05) is 6.61 Å². The molecule has 0 aliphatic carbocycles. The molecule has 6 nitrogen and oxygen atoms in total. The number of allylic oxidation sites excluding steroid dienone is 8. The van der Waals surface area contributed by atoms with Gasteiger partial charge in [-0.2, -0.15) is 0 Å². The Bertz CT molecular complexity index is 1070. The summed E-state index contributed by atoms with van der Waals surface area (Å²) < 4.78 is 0. The van der Waals surface area contributed by atoms with Crippen LogP contribution >= 0.6 is 0 Å². The van der Waals surface area contributed by atoms with Crippen LogP contribution in [0.2, 0.25) is 0 Å². The minimum Gasteiger partial charge on any atom is -0.394 e. The zero-order valence-corrected chi connectivity index (χ0v) is 43.2. The number of hydrogen-bond acceptors (Lipinski definition) is 5. The Kier molecular flexibility index (Phi) is 51.8. The molecule has 0 aliphatic heterocycles. The number of hydrogen-bond donors (Lipinski definition) is 5. The smallest absolute Gasteiger partial charge is 0.249 e. The molecule has 0 saturated heterocycles. The van der Waals surface area contributed by atoms with Gasteiger partial charge in [-0.1, -0.05) is 262 Å². The predicted octanol–water partition coefficient (Wildman–Crippen LogP) is 16.6. The number of unbranched alkanes of at least 4 members (excludes halogenated alkanes) is 35. The van der Waals surface area contributed by atoms with Crippen molar-refractivity contribution in [3.05, 3.63) is 48.6 Å². The average molecular weight is 915 g/mol. The SMILES string of the molecule is CCCC/C=C/CC/C=C/CCCC(O)C(O)C(CO)NC(=O)C(O)CCCCCCCCCCCCCCCCCC/C=C\C/C=C\CCCCCCCCCCCCCCCCC. The van der Waals surface area contributed by atoms with Gasteiger partial charge in [0.05, 0.1) is 18.8 Å². The molecular formula is C59H111NO5. The topological polar surface area (TPSA) is 110 Å². The first kappa shape index (κ1) is 63.3. The van der Waals surface area contributed by atoms with E-state index in [9.17, 15) is 25.2 Å². The lowest BCUT2D eigenvalue weighted by Crippen LogP contribution is -2.53. The second kappa shape index (κ2) is 53.2. The first-order valence-electron chi connectivity index (χ1n) is 28.5. The fourth-order valence-corrected chi connectivity index (χ4v) is 8.73. The number of rotatable bonds is 52. The quantitative estimate of drug-likeness (QED) is 0.0308. The van der Waals surface area contributed by atoms with Gasteiger partial charge in [-0.05, 0) is 77.0 Å². The van der Waals surface area contributed by atoms with Gasteiger partial charge in [-0.25, -0.2) is 0 Å². The van der Waals surface area contributed by atoms with E-state index in [-0.39, 0.29) is 0 Å². The van der Waals surface area contributed by atoms with Gasteiger partial charge in [0.2, 0.25) is 5.91 Å². The van der Waals surface area contributed by atoms with E-state index in [1.165, 1.54) is 205 Å². The highest BCUT2D eigenvalue weighted by molar-refractivity contribution is 5.80. The molecule has 0 heterocycles. The van der Waals surface area contributed by atoms with Gasteiger partial charge in [-0.3, -0.25) is 4.79 Å². The van der Waals surface area contributed by atoms with Crippen molar-refractivity contribution in [1.29, 1.82) is 0 Å². The maximum absolute atomic E-state index is 12.5. The Morgan fingerprint density at radius 2 is 0.708 bits per heavy atom. The number of carbonyl (C=O) groups excluding carboxylic acids is 1. The highest BCUT2D eigenvalue weighted by Crippen LogP contribution is 2.17. The molecule has 4 unspecified atom stereocenters. The van der Waals surface area contributed by atoms with E-state index in [0.29, 0.717) is 19.3 Å². The molecule has 0 rings (SSSR count). The highest BCUT2D eigenvalue weighted by atomic mass is 16.3. The van der Waals surface area contributed by atoms with Gasteiger partial charge < -0.3 is 25.7 Å². The van der Waals surface area contributed by atoms with Crippen LogP contribution in [0.15, 0.2) is 48.6 Å². The molecule has 0 bridgehead atoms. The van der Waals surface area contributed by atoms with E-state index in [1.807, 2.05) is 0 Å². The number of carbonyl (C=O) groups is 1. The molecule has 0 fully saturated rings. The van der Waals surface area contributed by atoms with Crippen LogP contribution in [0.5, 0.6) is 0 Å². The zero-order chi connectivity index (χ0) is 47.4. The van der Waals surface area contributed by atoms with Gasteiger partial charge in [0.1, 0.15) is 12.2 Å². The van der Waals surface area contributed by atoms with Crippen LogP contribution in [0.1, 0.15) is 290 Å². The van der Waals surface area contributed by atoms with Gasteiger partial charge in [-0.15, -0.1) is 0 Å². The van der Waals surface area contributed by atoms with E-state index in [0.717, 1.165) is 51.4 Å². The van der Waals surface area contributed by atoms with Crippen molar-refractivity contribution in [2.45, 2.75) is 314 Å². The van der Waals surface area contributed by atoms with E-state index in [1.54, 1.807) is 0 Å². The van der Waals surface area contributed by atoms with Crippen molar-refractivity contribution in [2.24, 2.45) is 0 Å². The molecule has 0 aromatic rings. The summed E-state index contributed by atoms with van der Waals surface area (Å²) in [5.41, 5.74) is 0. The lowest BCUT2D eigenvalue weighted by Gasteiger charge is -2.27. The predicted molar refractivity (Wildman–Crippen MR) is 283 cm³/mol. The molecule has 0 spiro atoms. The van der Waals surface area contributed by atoms with Gasteiger partial charge >= 0.3 is 0 Å². The molecule has 65 heavy (non-hydrogen) atoms. The lowest BCUT2D eigenvalue weighted by atomic mass is 10.00. The maximum atomic E-state index is 12.5. The van der Waals surface area contributed by atoms with Crippen molar-refractivity contribution in [3.63, 3.8) is 0 Å². The number of nitrogens with one attached hydrogen (secondary N) is 1. The van der Waals surface area contributed by atoms with E-state index < -0.39 is 36.9 Å². The molecule has 5 N–H and O–H groups in total. The van der Waals surface area contributed by atoms with Crippen molar-refractivity contribution in [3.8, 4) is 0 Å². The molecular weight excluding hydrogens is 803 g/mol. The summed E-state index contributed by atoms with van der Waals surface area (Å²) in [6.07, 6.45) is 67.9. The summed E-state index contributed by atoms with van der Waals surface area (Å²) in [6, 6.07) is -1.01. The first-order chi connectivity index (χ1) is 32.0. The van der Waals surface area contributed by atoms with Gasteiger partial charge in [0.25, 0.3) is 0 Å². The summed E-state index contributed by atoms with van der Waals surface area (Å²) in [4.78, 5) is 12.5. The summed E-state index contributed by atoms with van der Waals surface area (Å²) in [5, 5.41) is 43.7. The van der Waals surface area contributed by atoms with Crippen LogP contribution in [0.3, 0.4) is 0 Å². The summed E-state index contributed by atoms with van der Waals surface area (Å²) in [7, 11) is 0. The van der Waals surface area contributed by atoms with Crippen LogP contribution in [0.4, 0.5) is 0 Å². The monoisotopic (exact) mass is 914 g/mol. The summed E-state index contributed by atoms with van der Waals surface area (Å²) >= 11 is 0. The van der Waals surface area contributed by atoms with Crippen LogP contribution in [0, 0.1) is 0 Å². The molecule has 0 aliphatic rings. The van der Waals surface area contributed by atoms with Crippen LogP contribution in [-0.4, -0.2) is 57.3 Å². The highest BCUT2D eigenvalue weighted by Gasteiger charge is 2.28. The Balaban J connectivity index is 3.53. The van der Waals surface area contributed by atoms with Gasteiger partial charge in [0, 0.05) is 0 Å².